The Morgan fingerprint density at radius 3 is 1.58 bits per heavy atom. The number of benzene rings is 8. The van der Waals surface area contributed by atoms with Crippen molar-refractivity contribution in [3.8, 4) is 44.5 Å². The van der Waals surface area contributed by atoms with E-state index in [9.17, 15) is 0 Å². The van der Waals surface area contributed by atoms with Gasteiger partial charge in [-0.25, -0.2) is 0 Å². The molecule has 0 N–H and O–H groups in total. The third-order valence-electron chi connectivity index (χ3n) is 15.9. The van der Waals surface area contributed by atoms with Crippen molar-refractivity contribution in [3.63, 3.8) is 0 Å². The standard InChI is InChI=1S/C71H57N/c1-7-21-52(22-8-1)64-47-65(69(55-25-11-3-12-26-55)70(56-27-13-4-14-28-56)68(64)54-23-9-2-10-24-54)53-40-37-50(38-41-53)35-36-51-39-43-62-63-44-42-61(72(59-31-15-5-16-32-59)60-33-17-6-18-34-60)46-67(63)71(66(62)45-51)48-57-29-19-20-30-58(57)49-71/h1-9,11,13-23,25,27-33,35-47,60H,10,12,24,26,34,48-49H2/b36-35+. The van der Waals surface area contributed by atoms with Crippen LogP contribution in [0.4, 0.5) is 11.4 Å². The summed E-state index contributed by atoms with van der Waals surface area (Å²) in [5.74, 6) is 0. The zero-order valence-corrected chi connectivity index (χ0v) is 40.7. The van der Waals surface area contributed by atoms with Crippen LogP contribution in [0.15, 0.2) is 243 Å². The molecule has 72 heavy (non-hydrogen) atoms. The van der Waals surface area contributed by atoms with Gasteiger partial charge < -0.3 is 4.90 Å². The van der Waals surface area contributed by atoms with Crippen LogP contribution in [0.2, 0.25) is 0 Å². The van der Waals surface area contributed by atoms with E-state index in [0.29, 0.717) is 0 Å². The summed E-state index contributed by atoms with van der Waals surface area (Å²) < 4.78 is 0. The van der Waals surface area contributed by atoms with Crippen molar-refractivity contribution in [2.24, 2.45) is 0 Å². The lowest BCUT2D eigenvalue weighted by Crippen LogP contribution is -2.31. The topological polar surface area (TPSA) is 3.24 Å². The third-order valence-corrected chi connectivity index (χ3v) is 15.9. The third kappa shape index (κ3) is 7.91. The van der Waals surface area contributed by atoms with Gasteiger partial charge in [-0.3, -0.25) is 0 Å². The van der Waals surface area contributed by atoms with E-state index in [-0.39, 0.29) is 11.5 Å². The Kier molecular flexibility index (Phi) is 11.4. The average molecular weight is 924 g/mol. The highest BCUT2D eigenvalue weighted by Gasteiger charge is 2.47. The number of nitrogens with zero attached hydrogens (tertiary/aromatic N) is 1. The number of hydrogen-bond donors (Lipinski definition) is 0. The summed E-state index contributed by atoms with van der Waals surface area (Å²) in [5.41, 5.74) is 26.5. The zero-order chi connectivity index (χ0) is 47.8. The summed E-state index contributed by atoms with van der Waals surface area (Å²) in [4.78, 5) is 2.54. The Morgan fingerprint density at radius 1 is 0.417 bits per heavy atom. The minimum atomic E-state index is -0.140. The van der Waals surface area contributed by atoms with Crippen molar-refractivity contribution in [3.05, 3.63) is 287 Å². The van der Waals surface area contributed by atoms with Crippen LogP contribution in [0, 0.1) is 0 Å². The summed E-state index contributed by atoms with van der Waals surface area (Å²) in [6.45, 7) is 0. The van der Waals surface area contributed by atoms with E-state index in [0.717, 1.165) is 44.9 Å². The van der Waals surface area contributed by atoms with Crippen molar-refractivity contribution in [1.29, 1.82) is 0 Å². The van der Waals surface area contributed by atoms with E-state index in [1.807, 2.05) is 0 Å². The lowest BCUT2D eigenvalue weighted by Gasteiger charge is -2.34. The largest absolute Gasteiger partial charge is 0.334 e. The van der Waals surface area contributed by atoms with Gasteiger partial charge >= 0.3 is 0 Å². The summed E-state index contributed by atoms with van der Waals surface area (Å²) in [6, 6.07) is 68.9. The fraction of sp³-hybridized carbons (Fsp3) is 0.127. The van der Waals surface area contributed by atoms with E-state index >= 15 is 0 Å². The van der Waals surface area contributed by atoms with Crippen LogP contribution in [-0.2, 0) is 18.3 Å². The highest BCUT2D eigenvalue weighted by atomic mass is 15.2. The van der Waals surface area contributed by atoms with Crippen LogP contribution in [0.5, 0.6) is 0 Å². The quantitative estimate of drug-likeness (QED) is 0.124. The van der Waals surface area contributed by atoms with Gasteiger partial charge in [0.25, 0.3) is 0 Å². The molecular formula is C71H57N. The fourth-order valence-corrected chi connectivity index (χ4v) is 12.5. The van der Waals surface area contributed by atoms with E-state index in [1.165, 1.54) is 112 Å². The van der Waals surface area contributed by atoms with Crippen LogP contribution in [-0.4, -0.2) is 6.04 Å². The predicted octanol–water partition coefficient (Wildman–Crippen LogP) is 18.4. The van der Waals surface area contributed by atoms with Gasteiger partial charge in [-0.1, -0.05) is 225 Å². The molecule has 346 valence electrons. The minimum Gasteiger partial charge on any atom is -0.334 e. The van der Waals surface area contributed by atoms with E-state index < -0.39 is 0 Å². The lowest BCUT2D eigenvalue weighted by atomic mass is 9.75. The molecule has 1 heteroatoms. The molecule has 13 rings (SSSR count). The number of hydrogen-bond acceptors (Lipinski definition) is 1. The Bertz CT molecular complexity index is 3550. The Morgan fingerprint density at radius 2 is 0.972 bits per heavy atom. The maximum absolute atomic E-state index is 2.54. The molecule has 0 fully saturated rings. The lowest BCUT2D eigenvalue weighted by molar-refractivity contribution is 0.563. The van der Waals surface area contributed by atoms with Gasteiger partial charge in [0.1, 0.15) is 0 Å². The Labute approximate surface area is 425 Å². The van der Waals surface area contributed by atoms with Crippen LogP contribution in [0.1, 0.15) is 76.6 Å². The van der Waals surface area contributed by atoms with Crippen molar-refractivity contribution >= 4 is 34.7 Å². The molecule has 8 aromatic carbocycles. The molecule has 0 bridgehead atoms. The van der Waals surface area contributed by atoms with Crippen molar-refractivity contribution in [2.45, 2.75) is 56.4 Å². The number of rotatable bonds is 10. The van der Waals surface area contributed by atoms with E-state index in [1.54, 1.807) is 0 Å². The minimum absolute atomic E-state index is 0.140. The van der Waals surface area contributed by atoms with Crippen molar-refractivity contribution in [1.82, 2.24) is 0 Å². The SMILES string of the molecule is C1=CCCC(c2c(-c3ccccc3)cc(-c3ccc(/C=C/c4ccc5c(c4)C4(Cc6ccccc6C4)c4cc(N(c6ccccc6)C6C=CC=CC6)ccc4-5)cc3)c(C3=CC=CCC3)c2-c2ccccc2)=C1. The number of para-hydroxylation sites is 1. The van der Waals surface area contributed by atoms with Crippen LogP contribution >= 0.6 is 0 Å². The molecule has 0 heterocycles. The normalized spacial score (nSPS) is 16.9. The summed E-state index contributed by atoms with van der Waals surface area (Å²) in [7, 11) is 0. The molecule has 1 atom stereocenters. The molecule has 1 spiro atoms. The molecule has 8 aromatic rings. The number of anilines is 2. The molecule has 0 saturated heterocycles. The second-order valence-corrected chi connectivity index (χ2v) is 20.2. The molecule has 1 unspecified atom stereocenters. The van der Waals surface area contributed by atoms with E-state index in [4.69, 9.17) is 0 Å². The first-order valence-electron chi connectivity index (χ1n) is 26.0. The summed E-state index contributed by atoms with van der Waals surface area (Å²) in [6.07, 6.45) is 34.6. The number of allylic oxidation sites excluding steroid dienone is 10. The first-order valence-corrected chi connectivity index (χ1v) is 26.0. The predicted molar refractivity (Wildman–Crippen MR) is 306 cm³/mol. The second kappa shape index (κ2) is 18.8. The van der Waals surface area contributed by atoms with Crippen LogP contribution < -0.4 is 4.90 Å². The molecule has 0 aromatic heterocycles. The van der Waals surface area contributed by atoms with Crippen LogP contribution in [0.25, 0.3) is 67.8 Å². The average Bonchev–Trinajstić information content (AvgIpc) is 3.98. The molecule has 5 aliphatic rings. The number of fused-ring (bicyclic) bond motifs is 6. The molecule has 1 nitrogen and oxygen atoms in total. The maximum atomic E-state index is 2.54. The molecule has 0 aliphatic heterocycles. The monoisotopic (exact) mass is 923 g/mol. The maximum Gasteiger partial charge on any atom is 0.0559 e. The highest BCUT2D eigenvalue weighted by Crippen LogP contribution is 2.57. The van der Waals surface area contributed by atoms with Gasteiger partial charge in [-0.05, 0) is 175 Å². The van der Waals surface area contributed by atoms with Gasteiger partial charge in [-0.15, -0.1) is 0 Å². The van der Waals surface area contributed by atoms with Gasteiger partial charge in [0.15, 0.2) is 0 Å². The molecule has 0 saturated carbocycles. The first kappa shape index (κ1) is 43.7. The van der Waals surface area contributed by atoms with Gasteiger partial charge in [0, 0.05) is 16.8 Å². The van der Waals surface area contributed by atoms with Crippen molar-refractivity contribution in [2.75, 3.05) is 4.90 Å². The second-order valence-electron chi connectivity index (χ2n) is 20.2. The Hall–Kier alpha value is -8.26. The summed E-state index contributed by atoms with van der Waals surface area (Å²) >= 11 is 0. The molecule has 0 amide bonds. The smallest absolute Gasteiger partial charge is 0.0559 e. The molecule has 5 aliphatic carbocycles. The highest BCUT2D eigenvalue weighted by molar-refractivity contribution is 6.03. The zero-order valence-electron chi connectivity index (χ0n) is 40.7. The first-order chi connectivity index (χ1) is 35.7. The van der Waals surface area contributed by atoms with E-state index in [2.05, 4.69) is 260 Å². The van der Waals surface area contributed by atoms with Gasteiger partial charge in [0.2, 0.25) is 0 Å². The molecular weight excluding hydrogens is 867 g/mol. The fourth-order valence-electron chi connectivity index (χ4n) is 12.5. The van der Waals surface area contributed by atoms with Gasteiger partial charge in [0.05, 0.1) is 6.04 Å². The molecule has 0 radical (unpaired) electrons. The van der Waals surface area contributed by atoms with Crippen LogP contribution in [0.3, 0.4) is 0 Å². The Balaban J connectivity index is 0.889. The summed E-state index contributed by atoms with van der Waals surface area (Å²) in [5, 5.41) is 0. The van der Waals surface area contributed by atoms with Crippen molar-refractivity contribution < 1.29 is 0 Å². The van der Waals surface area contributed by atoms with Gasteiger partial charge in [-0.2, -0.15) is 0 Å².